The van der Waals surface area contributed by atoms with Crippen LogP contribution in [0.4, 0.5) is 10.1 Å². The second kappa shape index (κ2) is 4.65. The smallest absolute Gasteiger partial charge is 0.123 e. The molecule has 0 aliphatic carbocycles. The highest BCUT2D eigenvalue weighted by molar-refractivity contribution is 8.00. The first kappa shape index (κ1) is 11.6. The minimum atomic E-state index is -0.178. The van der Waals surface area contributed by atoms with E-state index in [-0.39, 0.29) is 5.82 Å². The molecule has 2 aromatic carbocycles. The average molecular weight is 259 g/mol. The molecule has 0 aromatic heterocycles. The molecule has 0 saturated heterocycles. The Morgan fingerprint density at radius 3 is 2.61 bits per heavy atom. The van der Waals surface area contributed by atoms with E-state index < -0.39 is 0 Å². The van der Waals surface area contributed by atoms with Crippen molar-refractivity contribution in [3.63, 3.8) is 0 Å². The summed E-state index contributed by atoms with van der Waals surface area (Å²) < 4.78 is 12.9. The fraction of sp³-hybridized carbons (Fsp3) is 0.200. The first-order chi connectivity index (χ1) is 8.74. The van der Waals surface area contributed by atoms with Crippen molar-refractivity contribution in [1.82, 2.24) is 0 Å². The third-order valence-corrected chi connectivity index (χ3v) is 4.37. The Kier molecular flexibility index (Phi) is 3.00. The van der Waals surface area contributed by atoms with Crippen LogP contribution in [-0.2, 0) is 6.54 Å². The Bertz CT molecular complexity index is 553. The molecule has 1 atom stereocenters. The van der Waals surface area contributed by atoms with Crippen LogP contribution in [0.5, 0.6) is 0 Å². The zero-order valence-corrected chi connectivity index (χ0v) is 11.0. The van der Waals surface area contributed by atoms with Crippen molar-refractivity contribution in [3.8, 4) is 0 Å². The maximum absolute atomic E-state index is 12.9. The molecule has 1 unspecified atom stereocenters. The molecule has 0 spiro atoms. The molecule has 0 N–H and O–H groups in total. The van der Waals surface area contributed by atoms with Crippen LogP contribution in [0.15, 0.2) is 53.4 Å². The highest BCUT2D eigenvalue weighted by Crippen LogP contribution is 2.43. The standard InChI is InChI=1S/C15H14FNS/c1-11-17(10-12-6-8-13(16)9-7-12)14-4-2-3-5-15(14)18-11/h2-9,11H,10H2,1H3. The van der Waals surface area contributed by atoms with Gasteiger partial charge in [0.25, 0.3) is 0 Å². The largest absolute Gasteiger partial charge is 0.354 e. The Hall–Kier alpha value is -1.48. The number of fused-ring (bicyclic) bond motifs is 1. The van der Waals surface area contributed by atoms with Crippen LogP contribution in [0, 0.1) is 5.82 Å². The molecule has 1 aliphatic rings. The number of benzene rings is 2. The van der Waals surface area contributed by atoms with E-state index in [2.05, 4.69) is 36.1 Å². The van der Waals surface area contributed by atoms with Gasteiger partial charge in [0, 0.05) is 11.4 Å². The molecular weight excluding hydrogens is 245 g/mol. The number of rotatable bonds is 2. The molecule has 0 fully saturated rings. The summed E-state index contributed by atoms with van der Waals surface area (Å²) in [5.41, 5.74) is 2.42. The normalized spacial score (nSPS) is 17.9. The summed E-state index contributed by atoms with van der Waals surface area (Å²) >= 11 is 1.87. The van der Waals surface area contributed by atoms with Crippen molar-refractivity contribution in [2.45, 2.75) is 23.7 Å². The minimum Gasteiger partial charge on any atom is -0.354 e. The fourth-order valence-corrected chi connectivity index (χ4v) is 3.38. The molecule has 0 saturated carbocycles. The molecule has 3 rings (SSSR count). The third-order valence-electron chi connectivity index (χ3n) is 3.18. The molecule has 18 heavy (non-hydrogen) atoms. The number of halogens is 1. The van der Waals surface area contributed by atoms with Crippen LogP contribution in [-0.4, -0.2) is 5.37 Å². The van der Waals surface area contributed by atoms with Crippen LogP contribution in [0.25, 0.3) is 0 Å². The summed E-state index contributed by atoms with van der Waals surface area (Å²) in [6.07, 6.45) is 0. The van der Waals surface area contributed by atoms with Crippen molar-refractivity contribution in [1.29, 1.82) is 0 Å². The van der Waals surface area contributed by atoms with Gasteiger partial charge < -0.3 is 4.90 Å². The van der Waals surface area contributed by atoms with E-state index in [9.17, 15) is 4.39 Å². The predicted octanol–water partition coefficient (Wildman–Crippen LogP) is 4.28. The number of hydrogen-bond acceptors (Lipinski definition) is 2. The van der Waals surface area contributed by atoms with Gasteiger partial charge in [0.1, 0.15) is 5.82 Å². The molecule has 1 nitrogen and oxygen atoms in total. The molecule has 0 bridgehead atoms. The van der Waals surface area contributed by atoms with Crippen molar-refractivity contribution < 1.29 is 4.39 Å². The average Bonchev–Trinajstić information content (AvgIpc) is 2.69. The maximum Gasteiger partial charge on any atom is 0.123 e. The second-order valence-corrected chi connectivity index (χ2v) is 5.80. The van der Waals surface area contributed by atoms with Gasteiger partial charge in [-0.1, -0.05) is 36.0 Å². The molecule has 2 aromatic rings. The Labute approximate surface area is 111 Å². The predicted molar refractivity (Wildman–Crippen MR) is 74.3 cm³/mol. The van der Waals surface area contributed by atoms with Gasteiger partial charge in [-0.3, -0.25) is 0 Å². The molecule has 1 aliphatic heterocycles. The van der Waals surface area contributed by atoms with Crippen molar-refractivity contribution in [2.75, 3.05) is 4.90 Å². The van der Waals surface area contributed by atoms with E-state index in [1.54, 1.807) is 0 Å². The van der Waals surface area contributed by atoms with Crippen molar-refractivity contribution in [3.05, 3.63) is 59.9 Å². The maximum atomic E-state index is 12.9. The van der Waals surface area contributed by atoms with E-state index in [0.717, 1.165) is 12.1 Å². The summed E-state index contributed by atoms with van der Waals surface area (Å²) in [6.45, 7) is 3.03. The fourth-order valence-electron chi connectivity index (χ4n) is 2.24. The first-order valence-corrected chi connectivity index (χ1v) is 6.89. The first-order valence-electron chi connectivity index (χ1n) is 6.01. The highest BCUT2D eigenvalue weighted by Gasteiger charge is 2.25. The summed E-state index contributed by atoms with van der Waals surface area (Å²) in [7, 11) is 0. The Morgan fingerprint density at radius 2 is 1.83 bits per heavy atom. The molecular formula is C15H14FNS. The van der Waals surface area contributed by atoms with Gasteiger partial charge in [0.2, 0.25) is 0 Å². The van der Waals surface area contributed by atoms with Gasteiger partial charge in [0.05, 0.1) is 11.1 Å². The summed E-state index contributed by atoms with van der Waals surface area (Å²) in [5.74, 6) is -0.178. The lowest BCUT2D eigenvalue weighted by Gasteiger charge is -2.23. The minimum absolute atomic E-state index is 0.178. The number of hydrogen-bond donors (Lipinski definition) is 0. The van der Waals surface area contributed by atoms with Gasteiger partial charge in [0.15, 0.2) is 0 Å². The van der Waals surface area contributed by atoms with Crippen LogP contribution in [0.2, 0.25) is 0 Å². The number of anilines is 1. The number of nitrogens with zero attached hydrogens (tertiary/aromatic N) is 1. The van der Waals surface area contributed by atoms with E-state index in [0.29, 0.717) is 5.37 Å². The quantitative estimate of drug-likeness (QED) is 0.791. The van der Waals surface area contributed by atoms with Gasteiger partial charge >= 0.3 is 0 Å². The zero-order chi connectivity index (χ0) is 12.5. The van der Waals surface area contributed by atoms with E-state index in [4.69, 9.17) is 0 Å². The van der Waals surface area contributed by atoms with Gasteiger partial charge in [-0.15, -0.1) is 0 Å². The monoisotopic (exact) mass is 259 g/mol. The van der Waals surface area contributed by atoms with Crippen LogP contribution < -0.4 is 4.90 Å². The highest BCUT2D eigenvalue weighted by atomic mass is 32.2. The summed E-state index contributed by atoms with van der Waals surface area (Å²) in [5, 5.41) is 0.424. The van der Waals surface area contributed by atoms with Gasteiger partial charge in [-0.05, 0) is 36.8 Å². The lowest BCUT2D eigenvalue weighted by atomic mass is 10.2. The topological polar surface area (TPSA) is 3.24 Å². The molecule has 0 amide bonds. The lowest BCUT2D eigenvalue weighted by Crippen LogP contribution is -2.26. The Balaban J connectivity index is 1.87. The Morgan fingerprint density at radius 1 is 1.11 bits per heavy atom. The van der Waals surface area contributed by atoms with E-state index in [1.807, 2.05) is 23.9 Å². The van der Waals surface area contributed by atoms with Crippen LogP contribution >= 0.6 is 11.8 Å². The zero-order valence-electron chi connectivity index (χ0n) is 10.1. The second-order valence-electron chi connectivity index (χ2n) is 4.44. The van der Waals surface area contributed by atoms with Crippen molar-refractivity contribution in [2.24, 2.45) is 0 Å². The van der Waals surface area contributed by atoms with Gasteiger partial charge in [-0.2, -0.15) is 0 Å². The van der Waals surface area contributed by atoms with E-state index in [1.165, 1.54) is 22.7 Å². The lowest BCUT2D eigenvalue weighted by molar-refractivity contribution is 0.626. The molecule has 0 radical (unpaired) electrons. The summed E-state index contributed by atoms with van der Waals surface area (Å²) in [4.78, 5) is 3.68. The van der Waals surface area contributed by atoms with Crippen LogP contribution in [0.1, 0.15) is 12.5 Å². The SMILES string of the molecule is CC1Sc2ccccc2N1Cc1ccc(F)cc1. The molecule has 1 heterocycles. The third kappa shape index (κ3) is 2.10. The van der Waals surface area contributed by atoms with Crippen molar-refractivity contribution >= 4 is 17.4 Å². The van der Waals surface area contributed by atoms with Crippen LogP contribution in [0.3, 0.4) is 0 Å². The molecule has 3 heteroatoms. The number of thioether (sulfide) groups is 1. The number of para-hydroxylation sites is 1. The van der Waals surface area contributed by atoms with E-state index >= 15 is 0 Å². The van der Waals surface area contributed by atoms with Gasteiger partial charge in [-0.25, -0.2) is 4.39 Å². The summed E-state index contributed by atoms with van der Waals surface area (Å²) in [6, 6.07) is 15.2. The molecule has 92 valence electrons.